The number of benzene rings is 2. The second-order valence-corrected chi connectivity index (χ2v) is 5.37. The van der Waals surface area contributed by atoms with E-state index >= 15 is 0 Å². The number of fused-ring (bicyclic) bond motifs is 1. The zero-order valence-corrected chi connectivity index (χ0v) is 13.3. The van der Waals surface area contributed by atoms with Gasteiger partial charge >= 0.3 is 0 Å². The van der Waals surface area contributed by atoms with Gasteiger partial charge in [0.1, 0.15) is 11.5 Å². The number of aromatic amines is 1. The molecule has 6 nitrogen and oxygen atoms in total. The number of hydrazone groups is 1. The van der Waals surface area contributed by atoms with Crippen LogP contribution in [0.4, 0.5) is 5.95 Å². The maximum Gasteiger partial charge on any atom is 0.222 e. The second-order valence-electron chi connectivity index (χ2n) is 4.52. The zero-order valence-electron chi connectivity index (χ0n) is 11.7. The Hall–Kier alpha value is -2.54. The molecule has 22 heavy (non-hydrogen) atoms. The van der Waals surface area contributed by atoms with E-state index < -0.39 is 0 Å². The summed E-state index contributed by atoms with van der Waals surface area (Å²) in [5.74, 6) is 1.17. The largest absolute Gasteiger partial charge is 0.507 e. The van der Waals surface area contributed by atoms with Crippen molar-refractivity contribution in [3.63, 3.8) is 0 Å². The van der Waals surface area contributed by atoms with Gasteiger partial charge in [-0.15, -0.1) is 0 Å². The third kappa shape index (κ3) is 2.89. The molecule has 3 rings (SSSR count). The minimum Gasteiger partial charge on any atom is -0.507 e. The number of nitrogens with zero attached hydrogens (tertiary/aromatic N) is 2. The van der Waals surface area contributed by atoms with Crippen molar-refractivity contribution in [3.05, 3.63) is 46.4 Å². The third-order valence-electron chi connectivity index (χ3n) is 3.06. The number of rotatable bonds is 4. The summed E-state index contributed by atoms with van der Waals surface area (Å²) in [6.07, 6.45) is 1.51. The molecule has 7 heteroatoms. The molecule has 0 saturated heterocycles. The molecule has 0 bridgehead atoms. The number of ether oxygens (including phenoxy) is 1. The Morgan fingerprint density at radius 2 is 2.18 bits per heavy atom. The number of aromatic hydroxyl groups is 1. The summed E-state index contributed by atoms with van der Waals surface area (Å²) in [5.41, 5.74) is 5.14. The Morgan fingerprint density at radius 3 is 2.95 bits per heavy atom. The van der Waals surface area contributed by atoms with Crippen molar-refractivity contribution in [1.29, 1.82) is 0 Å². The van der Waals surface area contributed by atoms with Crippen LogP contribution in [0.3, 0.4) is 0 Å². The van der Waals surface area contributed by atoms with Crippen LogP contribution in [0.5, 0.6) is 11.5 Å². The molecular weight excluding hydrogens is 348 g/mol. The number of phenols is 1. The molecule has 3 aromatic rings. The van der Waals surface area contributed by atoms with E-state index in [-0.39, 0.29) is 5.75 Å². The molecule has 0 aliphatic heterocycles. The summed E-state index contributed by atoms with van der Waals surface area (Å²) in [5, 5.41) is 14.0. The lowest BCUT2D eigenvalue weighted by Gasteiger charge is -2.05. The van der Waals surface area contributed by atoms with Crippen LogP contribution in [0.2, 0.25) is 0 Å². The van der Waals surface area contributed by atoms with E-state index in [1.807, 2.05) is 24.3 Å². The maximum absolute atomic E-state index is 9.92. The highest BCUT2D eigenvalue weighted by Crippen LogP contribution is 2.31. The van der Waals surface area contributed by atoms with Crippen molar-refractivity contribution in [2.24, 2.45) is 5.10 Å². The van der Waals surface area contributed by atoms with Crippen LogP contribution in [-0.2, 0) is 0 Å². The number of hydrogen-bond donors (Lipinski definition) is 3. The molecule has 0 amide bonds. The Labute approximate surface area is 135 Å². The van der Waals surface area contributed by atoms with E-state index in [1.54, 1.807) is 6.07 Å². The first-order valence-corrected chi connectivity index (χ1v) is 7.27. The number of anilines is 1. The molecule has 0 unspecified atom stereocenters. The van der Waals surface area contributed by atoms with Gasteiger partial charge in [-0.2, -0.15) is 5.10 Å². The second kappa shape index (κ2) is 6.07. The van der Waals surface area contributed by atoms with E-state index in [4.69, 9.17) is 4.74 Å². The van der Waals surface area contributed by atoms with Crippen LogP contribution in [0, 0.1) is 0 Å². The number of methoxy groups -OCH3 is 1. The van der Waals surface area contributed by atoms with Gasteiger partial charge in [-0.1, -0.05) is 12.1 Å². The standard InChI is InChI=1S/C15H13BrN4O2/c1-22-14-7-13(21)9(6-10(14)16)8-17-20-15-18-11-4-2-3-5-12(11)19-15/h2-8,21H,1H3,(H2,18,19,20)/b17-8+. The fourth-order valence-electron chi connectivity index (χ4n) is 1.99. The normalized spacial score (nSPS) is 11.2. The molecule has 0 atom stereocenters. The summed E-state index contributed by atoms with van der Waals surface area (Å²) >= 11 is 3.36. The minimum absolute atomic E-state index is 0.0789. The molecule has 1 heterocycles. The summed E-state index contributed by atoms with van der Waals surface area (Å²) in [6.45, 7) is 0. The Balaban J connectivity index is 1.78. The van der Waals surface area contributed by atoms with Crippen LogP contribution in [0.15, 0.2) is 46.0 Å². The lowest BCUT2D eigenvalue weighted by molar-refractivity contribution is 0.405. The number of H-pyrrole nitrogens is 1. The Bertz CT molecular complexity index is 812. The lowest BCUT2D eigenvalue weighted by atomic mass is 10.2. The monoisotopic (exact) mass is 360 g/mol. The van der Waals surface area contributed by atoms with Crippen molar-refractivity contribution in [2.75, 3.05) is 12.5 Å². The fraction of sp³-hybridized carbons (Fsp3) is 0.0667. The van der Waals surface area contributed by atoms with Crippen molar-refractivity contribution >= 4 is 39.1 Å². The van der Waals surface area contributed by atoms with Crippen molar-refractivity contribution in [2.45, 2.75) is 0 Å². The SMILES string of the molecule is COc1cc(O)c(/C=N/Nc2nc3ccccc3[nH]2)cc1Br. The van der Waals surface area contributed by atoms with Crippen molar-refractivity contribution < 1.29 is 9.84 Å². The number of phenolic OH excluding ortho intramolecular Hbond substituents is 1. The molecule has 2 aromatic carbocycles. The smallest absolute Gasteiger partial charge is 0.222 e. The zero-order chi connectivity index (χ0) is 15.5. The Kier molecular flexibility index (Phi) is 3.97. The highest BCUT2D eigenvalue weighted by atomic mass is 79.9. The van der Waals surface area contributed by atoms with E-state index in [1.165, 1.54) is 19.4 Å². The average molecular weight is 361 g/mol. The van der Waals surface area contributed by atoms with Gasteiger partial charge in [-0.25, -0.2) is 10.4 Å². The van der Waals surface area contributed by atoms with Crippen LogP contribution >= 0.6 is 15.9 Å². The first-order valence-electron chi connectivity index (χ1n) is 6.47. The van der Waals surface area contributed by atoms with Gasteiger partial charge in [0.15, 0.2) is 0 Å². The third-order valence-corrected chi connectivity index (χ3v) is 3.68. The van der Waals surface area contributed by atoms with Gasteiger partial charge in [0.25, 0.3) is 0 Å². The van der Waals surface area contributed by atoms with Crippen LogP contribution < -0.4 is 10.2 Å². The number of para-hydroxylation sites is 2. The molecule has 0 aliphatic carbocycles. The summed E-state index contributed by atoms with van der Waals surface area (Å²) in [6, 6.07) is 10.9. The molecular formula is C15H13BrN4O2. The van der Waals surface area contributed by atoms with Crippen molar-refractivity contribution in [1.82, 2.24) is 9.97 Å². The average Bonchev–Trinajstić information content (AvgIpc) is 2.93. The Morgan fingerprint density at radius 1 is 1.36 bits per heavy atom. The molecule has 0 radical (unpaired) electrons. The first kappa shape index (κ1) is 14.4. The highest BCUT2D eigenvalue weighted by Gasteiger charge is 2.06. The molecule has 0 saturated carbocycles. The van der Waals surface area contributed by atoms with Gasteiger partial charge in [0.2, 0.25) is 5.95 Å². The number of hydrogen-bond acceptors (Lipinski definition) is 5. The highest BCUT2D eigenvalue weighted by molar-refractivity contribution is 9.10. The van der Waals surface area contributed by atoms with Gasteiger partial charge in [0.05, 0.1) is 28.8 Å². The fourth-order valence-corrected chi connectivity index (χ4v) is 2.51. The number of halogens is 1. The van der Waals surface area contributed by atoms with Crippen LogP contribution in [-0.4, -0.2) is 28.4 Å². The van der Waals surface area contributed by atoms with E-state index in [2.05, 4.69) is 36.4 Å². The van der Waals surface area contributed by atoms with E-state index in [9.17, 15) is 5.11 Å². The molecule has 1 aromatic heterocycles. The summed E-state index contributed by atoms with van der Waals surface area (Å²) < 4.78 is 5.84. The van der Waals surface area contributed by atoms with Gasteiger partial charge < -0.3 is 14.8 Å². The quantitative estimate of drug-likeness (QED) is 0.491. The molecule has 0 fully saturated rings. The number of nitrogens with one attached hydrogen (secondary N) is 2. The maximum atomic E-state index is 9.92. The van der Waals surface area contributed by atoms with Crippen LogP contribution in [0.1, 0.15) is 5.56 Å². The van der Waals surface area contributed by atoms with Crippen LogP contribution in [0.25, 0.3) is 11.0 Å². The molecule has 0 spiro atoms. The van der Waals surface area contributed by atoms with Gasteiger partial charge in [0, 0.05) is 11.6 Å². The minimum atomic E-state index is 0.0789. The number of imidazole rings is 1. The van der Waals surface area contributed by atoms with Gasteiger partial charge in [-0.05, 0) is 34.1 Å². The molecule has 3 N–H and O–H groups in total. The van der Waals surface area contributed by atoms with E-state index in [0.717, 1.165) is 15.5 Å². The topological polar surface area (TPSA) is 82.5 Å². The number of aromatic nitrogens is 2. The van der Waals surface area contributed by atoms with Crippen molar-refractivity contribution in [3.8, 4) is 11.5 Å². The van der Waals surface area contributed by atoms with Gasteiger partial charge in [-0.3, -0.25) is 0 Å². The summed E-state index contributed by atoms with van der Waals surface area (Å²) in [7, 11) is 1.54. The first-order chi connectivity index (χ1) is 10.7. The summed E-state index contributed by atoms with van der Waals surface area (Å²) in [4.78, 5) is 7.44. The predicted molar refractivity (Wildman–Crippen MR) is 89.7 cm³/mol. The molecule has 112 valence electrons. The predicted octanol–water partition coefficient (Wildman–Crippen LogP) is 3.49. The lowest BCUT2D eigenvalue weighted by Crippen LogP contribution is -1.93. The van der Waals surface area contributed by atoms with E-state index in [0.29, 0.717) is 17.3 Å². The molecule has 0 aliphatic rings.